The van der Waals surface area contributed by atoms with Gasteiger partial charge < -0.3 is 10.7 Å². The van der Waals surface area contributed by atoms with Gasteiger partial charge in [0.25, 0.3) is 10.0 Å². The third-order valence-electron chi connectivity index (χ3n) is 2.44. The van der Waals surface area contributed by atoms with Crippen LogP contribution in [0, 0.1) is 5.82 Å². The molecule has 1 aromatic carbocycles. The SMILES string of the molecule is NCc1cc(S(=O)(=O)Nc2cccc(Cl)c2F)c[nH]1. The number of nitrogens with two attached hydrogens (primary N) is 1. The number of sulfonamides is 1. The standard InChI is InChI=1S/C11H11ClFN3O2S/c12-9-2-1-3-10(11(9)13)16-19(17,18)8-4-7(5-14)15-6-8/h1-4,6,15-16H,5,14H2. The summed E-state index contributed by atoms with van der Waals surface area (Å²) in [7, 11) is -3.88. The van der Waals surface area contributed by atoms with E-state index in [0.717, 1.165) is 0 Å². The molecule has 5 nitrogen and oxygen atoms in total. The topological polar surface area (TPSA) is 88.0 Å². The first kappa shape index (κ1) is 13.9. The van der Waals surface area contributed by atoms with Crippen LogP contribution in [-0.4, -0.2) is 13.4 Å². The minimum atomic E-state index is -3.88. The van der Waals surface area contributed by atoms with Crippen LogP contribution in [0.4, 0.5) is 10.1 Å². The normalized spacial score (nSPS) is 11.5. The Morgan fingerprint density at radius 1 is 1.42 bits per heavy atom. The molecule has 0 aliphatic heterocycles. The number of benzene rings is 1. The molecule has 8 heteroatoms. The molecule has 0 saturated carbocycles. The third kappa shape index (κ3) is 2.89. The predicted octanol–water partition coefficient (Wildman–Crippen LogP) is 2.07. The minimum absolute atomic E-state index is 0.0210. The van der Waals surface area contributed by atoms with Crippen LogP contribution in [-0.2, 0) is 16.6 Å². The van der Waals surface area contributed by atoms with Crippen molar-refractivity contribution >= 4 is 27.3 Å². The van der Waals surface area contributed by atoms with Crippen LogP contribution in [0.5, 0.6) is 0 Å². The van der Waals surface area contributed by atoms with Crippen molar-refractivity contribution < 1.29 is 12.8 Å². The number of aromatic amines is 1. The lowest BCUT2D eigenvalue weighted by atomic mass is 10.3. The number of nitrogens with one attached hydrogen (secondary N) is 2. The third-order valence-corrected chi connectivity index (χ3v) is 4.08. The molecular formula is C11H11ClFN3O2S. The van der Waals surface area contributed by atoms with E-state index in [2.05, 4.69) is 9.71 Å². The smallest absolute Gasteiger partial charge is 0.263 e. The van der Waals surface area contributed by atoms with Gasteiger partial charge in [-0.25, -0.2) is 12.8 Å². The fraction of sp³-hybridized carbons (Fsp3) is 0.0909. The van der Waals surface area contributed by atoms with E-state index < -0.39 is 15.8 Å². The number of rotatable bonds is 4. The van der Waals surface area contributed by atoms with Crippen LogP contribution in [0.3, 0.4) is 0 Å². The summed E-state index contributed by atoms with van der Waals surface area (Å²) < 4.78 is 39.8. The second-order valence-corrected chi connectivity index (χ2v) is 5.86. The van der Waals surface area contributed by atoms with Crippen molar-refractivity contribution in [2.45, 2.75) is 11.4 Å². The summed E-state index contributed by atoms with van der Waals surface area (Å²) in [5, 5.41) is -0.156. The maximum absolute atomic E-state index is 13.6. The lowest BCUT2D eigenvalue weighted by molar-refractivity contribution is 0.598. The van der Waals surface area contributed by atoms with Gasteiger partial charge >= 0.3 is 0 Å². The minimum Gasteiger partial charge on any atom is -0.363 e. The zero-order valence-electron chi connectivity index (χ0n) is 9.65. The van der Waals surface area contributed by atoms with E-state index in [-0.39, 0.29) is 22.2 Å². The number of H-pyrrole nitrogens is 1. The van der Waals surface area contributed by atoms with Gasteiger partial charge in [-0.1, -0.05) is 17.7 Å². The molecule has 4 N–H and O–H groups in total. The van der Waals surface area contributed by atoms with Gasteiger partial charge in [0.15, 0.2) is 5.82 Å². The molecule has 102 valence electrons. The fourth-order valence-electron chi connectivity index (χ4n) is 1.48. The first-order valence-corrected chi connectivity index (χ1v) is 7.14. The molecule has 0 fully saturated rings. The lowest BCUT2D eigenvalue weighted by Crippen LogP contribution is -2.13. The Kier molecular flexibility index (Phi) is 3.79. The Balaban J connectivity index is 2.33. The van der Waals surface area contributed by atoms with Gasteiger partial charge in [-0.2, -0.15) is 0 Å². The number of hydrogen-bond donors (Lipinski definition) is 3. The zero-order chi connectivity index (χ0) is 14.0. The second kappa shape index (κ2) is 5.20. The van der Waals surface area contributed by atoms with Gasteiger partial charge in [0.2, 0.25) is 0 Å². The Morgan fingerprint density at radius 3 is 2.79 bits per heavy atom. The molecule has 0 aliphatic rings. The molecular weight excluding hydrogens is 293 g/mol. The maximum atomic E-state index is 13.6. The van der Waals surface area contributed by atoms with E-state index >= 15 is 0 Å². The van der Waals surface area contributed by atoms with Gasteiger partial charge in [0.05, 0.1) is 10.7 Å². The summed E-state index contributed by atoms with van der Waals surface area (Å²) in [6.07, 6.45) is 1.28. The number of hydrogen-bond acceptors (Lipinski definition) is 3. The van der Waals surface area contributed by atoms with Crippen molar-refractivity contribution in [3.05, 3.63) is 47.0 Å². The average Bonchev–Trinajstić information content (AvgIpc) is 2.84. The molecule has 2 aromatic rings. The largest absolute Gasteiger partial charge is 0.363 e. The summed E-state index contributed by atoms with van der Waals surface area (Å²) in [5.41, 5.74) is 5.74. The number of halogens is 2. The molecule has 1 aromatic heterocycles. The Labute approximate surface area is 114 Å². The van der Waals surface area contributed by atoms with Crippen LogP contribution >= 0.6 is 11.6 Å². The van der Waals surface area contributed by atoms with Crippen molar-refractivity contribution in [1.82, 2.24) is 4.98 Å². The monoisotopic (exact) mass is 303 g/mol. The maximum Gasteiger partial charge on any atom is 0.263 e. The van der Waals surface area contributed by atoms with Gasteiger partial charge in [-0.05, 0) is 18.2 Å². The van der Waals surface area contributed by atoms with E-state index in [9.17, 15) is 12.8 Å². The van der Waals surface area contributed by atoms with Crippen molar-refractivity contribution in [1.29, 1.82) is 0 Å². The second-order valence-electron chi connectivity index (χ2n) is 3.77. The summed E-state index contributed by atoms with van der Waals surface area (Å²) in [4.78, 5) is 2.69. The number of aromatic nitrogens is 1. The van der Waals surface area contributed by atoms with Crippen molar-refractivity contribution in [2.24, 2.45) is 5.73 Å². The highest BCUT2D eigenvalue weighted by Crippen LogP contribution is 2.24. The molecule has 1 heterocycles. The highest BCUT2D eigenvalue weighted by Gasteiger charge is 2.18. The molecule has 0 spiro atoms. The zero-order valence-corrected chi connectivity index (χ0v) is 11.2. The van der Waals surface area contributed by atoms with Gasteiger partial charge in [-0.3, -0.25) is 4.72 Å². The van der Waals surface area contributed by atoms with Crippen LogP contribution in [0.25, 0.3) is 0 Å². The Bertz CT molecular complexity index is 700. The molecule has 0 radical (unpaired) electrons. The fourth-order valence-corrected chi connectivity index (χ4v) is 2.73. The van der Waals surface area contributed by atoms with E-state index in [0.29, 0.717) is 5.69 Å². The summed E-state index contributed by atoms with van der Waals surface area (Å²) in [6, 6.07) is 5.45. The van der Waals surface area contributed by atoms with Crippen LogP contribution < -0.4 is 10.5 Å². The van der Waals surface area contributed by atoms with E-state index in [1.54, 1.807) is 0 Å². The summed E-state index contributed by atoms with van der Waals surface area (Å²) >= 11 is 5.58. The van der Waals surface area contributed by atoms with Crippen molar-refractivity contribution in [3.63, 3.8) is 0 Å². The first-order chi connectivity index (χ1) is 8.94. The molecule has 0 saturated heterocycles. The molecule has 0 aliphatic carbocycles. The van der Waals surface area contributed by atoms with E-state index in [1.165, 1.54) is 30.5 Å². The first-order valence-electron chi connectivity index (χ1n) is 5.28. The molecule has 0 unspecified atom stereocenters. The molecule has 0 atom stereocenters. The quantitative estimate of drug-likeness (QED) is 0.808. The Morgan fingerprint density at radius 2 is 2.16 bits per heavy atom. The average molecular weight is 304 g/mol. The molecule has 0 bridgehead atoms. The van der Waals surface area contributed by atoms with E-state index in [1.807, 2.05) is 0 Å². The summed E-state index contributed by atoms with van der Waals surface area (Å²) in [5.74, 6) is -0.817. The Hall–Kier alpha value is -1.57. The molecule has 19 heavy (non-hydrogen) atoms. The number of anilines is 1. The lowest BCUT2D eigenvalue weighted by Gasteiger charge is -2.08. The van der Waals surface area contributed by atoms with Crippen LogP contribution in [0.2, 0.25) is 5.02 Å². The van der Waals surface area contributed by atoms with E-state index in [4.69, 9.17) is 17.3 Å². The van der Waals surface area contributed by atoms with Crippen LogP contribution in [0.1, 0.15) is 5.69 Å². The molecule has 2 rings (SSSR count). The highest BCUT2D eigenvalue weighted by molar-refractivity contribution is 7.92. The van der Waals surface area contributed by atoms with Crippen LogP contribution in [0.15, 0.2) is 35.4 Å². The molecule has 0 amide bonds. The van der Waals surface area contributed by atoms with Gasteiger partial charge in [-0.15, -0.1) is 0 Å². The highest BCUT2D eigenvalue weighted by atomic mass is 35.5. The van der Waals surface area contributed by atoms with Crippen molar-refractivity contribution in [2.75, 3.05) is 4.72 Å². The van der Waals surface area contributed by atoms with Crippen molar-refractivity contribution in [3.8, 4) is 0 Å². The summed E-state index contributed by atoms with van der Waals surface area (Å²) in [6.45, 7) is 0.182. The van der Waals surface area contributed by atoms with Gasteiger partial charge in [0.1, 0.15) is 4.90 Å². The predicted molar refractivity (Wildman–Crippen MR) is 70.9 cm³/mol. The van der Waals surface area contributed by atoms with Gasteiger partial charge in [0, 0.05) is 18.4 Å².